The van der Waals surface area contributed by atoms with Crippen LogP contribution < -0.4 is 9.62 Å². The smallest absolute Gasteiger partial charge is 0.255 e. The van der Waals surface area contributed by atoms with Crippen LogP contribution in [0.3, 0.4) is 0 Å². The van der Waals surface area contributed by atoms with Gasteiger partial charge in [0.15, 0.2) is 0 Å². The summed E-state index contributed by atoms with van der Waals surface area (Å²) >= 11 is 0. The zero-order valence-electron chi connectivity index (χ0n) is 15.0. The van der Waals surface area contributed by atoms with Gasteiger partial charge in [0.2, 0.25) is 10.0 Å². The van der Waals surface area contributed by atoms with Gasteiger partial charge in [-0.05, 0) is 48.7 Å². The number of carbonyl (C=O) groups is 1. The van der Waals surface area contributed by atoms with Crippen molar-refractivity contribution in [3.8, 4) is 0 Å². The molecule has 2 rings (SSSR count). The van der Waals surface area contributed by atoms with Crippen molar-refractivity contribution >= 4 is 27.3 Å². The largest absolute Gasteiger partial charge is 0.322 e. The topological polar surface area (TPSA) is 66.5 Å². The number of benzene rings is 2. The predicted octanol–water partition coefficient (Wildman–Crippen LogP) is 3.85. The Morgan fingerprint density at radius 3 is 2.20 bits per heavy atom. The fourth-order valence-electron chi connectivity index (χ4n) is 2.70. The van der Waals surface area contributed by atoms with E-state index in [1.807, 2.05) is 24.3 Å². The second kappa shape index (κ2) is 7.70. The molecule has 5 nitrogen and oxygen atoms in total. The van der Waals surface area contributed by atoms with Crippen LogP contribution in [-0.4, -0.2) is 27.1 Å². The van der Waals surface area contributed by atoms with Crippen molar-refractivity contribution in [2.24, 2.45) is 0 Å². The molecule has 0 aliphatic heterocycles. The monoisotopic (exact) mass is 360 g/mol. The Labute approximate surface area is 149 Å². The molecule has 1 amide bonds. The van der Waals surface area contributed by atoms with Crippen molar-refractivity contribution in [2.75, 3.05) is 22.4 Å². The highest BCUT2D eigenvalue weighted by molar-refractivity contribution is 7.92. The number of amides is 1. The first-order chi connectivity index (χ1) is 11.7. The number of hydrogen-bond donors (Lipinski definition) is 1. The van der Waals surface area contributed by atoms with E-state index >= 15 is 0 Å². The third-order valence-electron chi connectivity index (χ3n) is 3.94. The van der Waals surface area contributed by atoms with E-state index in [9.17, 15) is 13.2 Å². The van der Waals surface area contributed by atoms with Crippen molar-refractivity contribution in [3.63, 3.8) is 0 Å². The number of nitrogens with zero attached hydrogens (tertiary/aromatic N) is 1. The number of hydrogen-bond acceptors (Lipinski definition) is 3. The van der Waals surface area contributed by atoms with Crippen LogP contribution in [0.2, 0.25) is 0 Å². The summed E-state index contributed by atoms with van der Waals surface area (Å²) in [6.07, 6.45) is 1.17. The van der Waals surface area contributed by atoms with Gasteiger partial charge in [0.25, 0.3) is 5.91 Å². The van der Waals surface area contributed by atoms with Crippen molar-refractivity contribution in [1.29, 1.82) is 0 Å². The fraction of sp³-hybridized carbons (Fsp3) is 0.316. The van der Waals surface area contributed by atoms with Crippen molar-refractivity contribution < 1.29 is 13.2 Å². The average molecular weight is 360 g/mol. The molecule has 0 heterocycles. The van der Waals surface area contributed by atoms with E-state index in [0.717, 1.165) is 11.3 Å². The summed E-state index contributed by atoms with van der Waals surface area (Å²) in [6, 6.07) is 14.3. The zero-order valence-corrected chi connectivity index (χ0v) is 15.8. The van der Waals surface area contributed by atoms with Gasteiger partial charge < -0.3 is 5.32 Å². The van der Waals surface area contributed by atoms with Gasteiger partial charge in [0, 0.05) is 17.8 Å². The first-order valence-electron chi connectivity index (χ1n) is 8.22. The van der Waals surface area contributed by atoms with Gasteiger partial charge in [-0.25, -0.2) is 8.42 Å². The lowest BCUT2D eigenvalue weighted by molar-refractivity contribution is 0.102. The summed E-state index contributed by atoms with van der Waals surface area (Å²) in [5, 5.41) is 2.93. The lowest BCUT2D eigenvalue weighted by Crippen LogP contribution is -2.29. The normalized spacial score (nSPS) is 11.4. The highest BCUT2D eigenvalue weighted by Gasteiger charge is 2.16. The summed E-state index contributed by atoms with van der Waals surface area (Å²) in [6.45, 7) is 6.26. The molecule has 0 unspecified atom stereocenters. The van der Waals surface area contributed by atoms with Gasteiger partial charge in [0.1, 0.15) is 0 Å². The van der Waals surface area contributed by atoms with Gasteiger partial charge in [0.05, 0.1) is 11.9 Å². The van der Waals surface area contributed by atoms with Crippen molar-refractivity contribution in [3.05, 3.63) is 59.7 Å². The van der Waals surface area contributed by atoms with Crippen LogP contribution in [0.1, 0.15) is 42.6 Å². The molecule has 2 aromatic carbocycles. The van der Waals surface area contributed by atoms with E-state index in [0.29, 0.717) is 23.7 Å². The molecular weight excluding hydrogens is 336 g/mol. The summed E-state index contributed by atoms with van der Waals surface area (Å²) in [4.78, 5) is 12.5. The summed E-state index contributed by atoms with van der Waals surface area (Å²) in [5.74, 6) is 0.0776. The van der Waals surface area contributed by atoms with Crippen molar-refractivity contribution in [1.82, 2.24) is 0 Å². The molecule has 0 radical (unpaired) electrons. The van der Waals surface area contributed by atoms with E-state index in [2.05, 4.69) is 19.2 Å². The van der Waals surface area contributed by atoms with Crippen LogP contribution in [0.4, 0.5) is 11.4 Å². The lowest BCUT2D eigenvalue weighted by Gasteiger charge is -2.20. The first-order valence-corrected chi connectivity index (χ1v) is 10.1. The number of rotatable bonds is 6. The van der Waals surface area contributed by atoms with Crippen LogP contribution in [-0.2, 0) is 10.0 Å². The summed E-state index contributed by atoms with van der Waals surface area (Å²) < 4.78 is 24.8. The fourth-order valence-corrected chi connectivity index (χ4v) is 3.67. The number of sulfonamides is 1. The Morgan fingerprint density at radius 2 is 1.68 bits per heavy atom. The van der Waals surface area contributed by atoms with Gasteiger partial charge in [-0.3, -0.25) is 9.10 Å². The molecule has 0 aliphatic rings. The lowest BCUT2D eigenvalue weighted by atomic mass is 10.0. The maximum atomic E-state index is 12.5. The Morgan fingerprint density at radius 1 is 1.08 bits per heavy atom. The van der Waals surface area contributed by atoms with Crippen LogP contribution in [0.5, 0.6) is 0 Å². The predicted molar refractivity (Wildman–Crippen MR) is 103 cm³/mol. The number of carbonyl (C=O) groups excluding carboxylic acids is 1. The van der Waals surface area contributed by atoms with E-state index in [1.165, 1.54) is 10.6 Å². The van der Waals surface area contributed by atoms with Gasteiger partial charge >= 0.3 is 0 Å². The second-order valence-corrected chi connectivity index (χ2v) is 8.08. The summed E-state index contributed by atoms with van der Waals surface area (Å²) in [5.41, 5.74) is 2.88. The van der Waals surface area contributed by atoms with E-state index in [1.54, 1.807) is 31.2 Å². The molecule has 6 heteroatoms. The molecule has 2 aromatic rings. The standard InChI is InChI=1S/C19H24N2O3S/c1-5-21(25(4,23)24)16-12-10-15(11-13-16)19(22)20-18-9-7-6-8-17(18)14(2)3/h6-14H,5H2,1-4H3,(H,20,22). The Balaban J connectivity index is 2.22. The number of para-hydroxylation sites is 1. The highest BCUT2D eigenvalue weighted by atomic mass is 32.2. The maximum Gasteiger partial charge on any atom is 0.255 e. The Bertz CT molecular complexity index is 843. The first kappa shape index (κ1) is 19.0. The van der Waals surface area contributed by atoms with E-state index in [4.69, 9.17) is 0 Å². The molecule has 0 spiro atoms. The molecule has 134 valence electrons. The molecule has 0 aliphatic carbocycles. The second-order valence-electron chi connectivity index (χ2n) is 6.17. The molecule has 25 heavy (non-hydrogen) atoms. The Kier molecular flexibility index (Phi) is 5.85. The third-order valence-corrected chi connectivity index (χ3v) is 5.21. The minimum atomic E-state index is -3.33. The van der Waals surface area contributed by atoms with Crippen molar-refractivity contribution in [2.45, 2.75) is 26.7 Å². The molecule has 0 atom stereocenters. The zero-order chi connectivity index (χ0) is 18.6. The molecule has 0 bridgehead atoms. The third kappa shape index (κ3) is 4.60. The van der Waals surface area contributed by atoms with Gasteiger partial charge in [-0.1, -0.05) is 32.0 Å². The maximum absolute atomic E-state index is 12.5. The summed E-state index contributed by atoms with van der Waals surface area (Å²) in [7, 11) is -3.33. The SMILES string of the molecule is CCN(c1ccc(C(=O)Nc2ccccc2C(C)C)cc1)S(C)(=O)=O. The number of anilines is 2. The van der Waals surface area contributed by atoms with Gasteiger partial charge in [-0.2, -0.15) is 0 Å². The quantitative estimate of drug-likeness (QED) is 0.851. The average Bonchev–Trinajstić information content (AvgIpc) is 2.55. The molecule has 1 N–H and O–H groups in total. The molecule has 0 aromatic heterocycles. The molecule has 0 saturated heterocycles. The molecule has 0 saturated carbocycles. The minimum Gasteiger partial charge on any atom is -0.322 e. The number of nitrogens with one attached hydrogen (secondary N) is 1. The van der Waals surface area contributed by atoms with E-state index < -0.39 is 10.0 Å². The van der Waals surface area contributed by atoms with Gasteiger partial charge in [-0.15, -0.1) is 0 Å². The van der Waals surface area contributed by atoms with E-state index in [-0.39, 0.29) is 5.91 Å². The van der Waals surface area contributed by atoms with Crippen LogP contribution in [0, 0.1) is 0 Å². The van der Waals surface area contributed by atoms with Crippen LogP contribution in [0.15, 0.2) is 48.5 Å². The highest BCUT2D eigenvalue weighted by Crippen LogP contribution is 2.24. The Hall–Kier alpha value is -2.34. The van der Waals surface area contributed by atoms with Crippen LogP contribution >= 0.6 is 0 Å². The minimum absolute atomic E-state index is 0.220. The molecule has 0 fully saturated rings. The van der Waals surface area contributed by atoms with Crippen LogP contribution in [0.25, 0.3) is 0 Å². The molecular formula is C19H24N2O3S.